The Hall–Kier alpha value is -3.91. The van der Waals surface area contributed by atoms with E-state index >= 15 is 0 Å². The minimum Gasteiger partial charge on any atom is -0.461 e. The van der Waals surface area contributed by atoms with Crippen molar-refractivity contribution in [3.63, 3.8) is 0 Å². The average molecular weight is 562 g/mol. The Balaban J connectivity index is 1.46. The Morgan fingerprint density at radius 3 is 2.65 bits per heavy atom. The Morgan fingerprint density at radius 1 is 1.18 bits per heavy atom. The number of aryl methyl sites for hydroxylation is 2. The van der Waals surface area contributed by atoms with Crippen molar-refractivity contribution in [2.24, 2.45) is 7.05 Å². The number of piperazine rings is 1. The molecular weight excluding hydrogens is 531 g/mol. The second-order valence-corrected chi connectivity index (χ2v) is 9.49. The number of aliphatic hydroxyl groups excluding tert-OH is 1. The van der Waals surface area contributed by atoms with E-state index in [1.165, 1.54) is 6.07 Å². The lowest BCUT2D eigenvalue weighted by atomic mass is 9.93. The van der Waals surface area contributed by atoms with Gasteiger partial charge < -0.3 is 24.8 Å². The lowest BCUT2D eigenvalue weighted by molar-refractivity contribution is -0.274. The number of β-amino-alcohol motifs (C(OH)–C–C–N with tert-alkyl or cyclic N) is 1. The summed E-state index contributed by atoms with van der Waals surface area (Å²) in [4.78, 5) is 25.6. The first-order valence-electron chi connectivity index (χ1n) is 13.0. The zero-order chi connectivity index (χ0) is 28.4. The highest BCUT2D eigenvalue weighted by Crippen LogP contribution is 2.37. The van der Waals surface area contributed by atoms with Crippen LogP contribution in [0.15, 0.2) is 24.4 Å². The van der Waals surface area contributed by atoms with Crippen molar-refractivity contribution in [3.8, 4) is 17.1 Å². The second kappa shape index (κ2) is 11.3. The van der Waals surface area contributed by atoms with Crippen LogP contribution in [-0.4, -0.2) is 88.0 Å². The summed E-state index contributed by atoms with van der Waals surface area (Å²) in [5.74, 6) is -0.858. The van der Waals surface area contributed by atoms with Gasteiger partial charge in [0.05, 0.1) is 30.3 Å². The van der Waals surface area contributed by atoms with Gasteiger partial charge in [0.2, 0.25) is 5.95 Å². The molecule has 1 aromatic carbocycles. The molecule has 0 amide bonds. The van der Waals surface area contributed by atoms with E-state index in [-0.39, 0.29) is 30.5 Å². The van der Waals surface area contributed by atoms with Crippen LogP contribution in [0.5, 0.6) is 5.75 Å². The van der Waals surface area contributed by atoms with E-state index in [2.05, 4.69) is 34.9 Å². The first-order chi connectivity index (χ1) is 19.2. The number of hydrogen-bond donors (Lipinski definition) is 2. The van der Waals surface area contributed by atoms with Crippen LogP contribution in [0.3, 0.4) is 0 Å². The molecule has 40 heavy (non-hydrogen) atoms. The van der Waals surface area contributed by atoms with Crippen molar-refractivity contribution in [2.75, 3.05) is 56.2 Å². The number of carbonyl (C=O) groups excluding carboxylic acids is 1. The normalized spacial score (nSPS) is 15.4. The van der Waals surface area contributed by atoms with Gasteiger partial charge in [0.25, 0.3) is 0 Å². The number of halogens is 3. The zero-order valence-electron chi connectivity index (χ0n) is 22.2. The Bertz CT molecular complexity index is 1390. The third-order valence-electron chi connectivity index (χ3n) is 6.94. The molecule has 0 bridgehead atoms. The maximum absolute atomic E-state index is 13.2. The molecule has 2 aromatic heterocycles. The fourth-order valence-corrected chi connectivity index (χ4v) is 5.10. The first-order valence-corrected chi connectivity index (χ1v) is 13.0. The van der Waals surface area contributed by atoms with E-state index in [0.717, 1.165) is 18.7 Å². The molecule has 1 aliphatic carbocycles. The number of fused-ring (bicyclic) bond motifs is 3. The SMILES string of the molecule is CCOC(=O)c1nn(C)c2c1CCc1cnc(Nc3cc(N4CCN(CCO)CC4)ccc3OC(F)(F)F)nc1-2. The maximum atomic E-state index is 13.2. The van der Waals surface area contributed by atoms with Crippen LogP contribution in [0, 0.1) is 0 Å². The summed E-state index contributed by atoms with van der Waals surface area (Å²) in [6.07, 6.45) is -2.14. The average Bonchev–Trinajstić information content (AvgIpc) is 3.26. The van der Waals surface area contributed by atoms with Gasteiger partial charge in [0.15, 0.2) is 11.4 Å². The third-order valence-corrected chi connectivity index (χ3v) is 6.94. The summed E-state index contributed by atoms with van der Waals surface area (Å²) < 4.78 is 50.7. The molecule has 0 unspecified atom stereocenters. The Morgan fingerprint density at radius 2 is 1.95 bits per heavy atom. The number of anilines is 3. The summed E-state index contributed by atoms with van der Waals surface area (Å²) in [5, 5.41) is 16.5. The third kappa shape index (κ3) is 5.82. The number of nitrogens with one attached hydrogen (secondary N) is 1. The second-order valence-electron chi connectivity index (χ2n) is 9.49. The number of carbonyl (C=O) groups is 1. The lowest BCUT2D eigenvalue weighted by Gasteiger charge is -2.36. The van der Waals surface area contributed by atoms with E-state index in [1.54, 1.807) is 37.0 Å². The van der Waals surface area contributed by atoms with E-state index in [4.69, 9.17) is 4.74 Å². The zero-order valence-corrected chi connectivity index (χ0v) is 22.2. The van der Waals surface area contributed by atoms with Crippen molar-refractivity contribution in [1.29, 1.82) is 0 Å². The number of alkyl halides is 3. The lowest BCUT2D eigenvalue weighted by Crippen LogP contribution is -2.47. The number of ether oxygens (including phenoxy) is 2. The molecule has 214 valence electrons. The van der Waals surface area contributed by atoms with Crippen LogP contribution in [0.1, 0.15) is 28.5 Å². The summed E-state index contributed by atoms with van der Waals surface area (Å²) in [7, 11) is 1.70. The van der Waals surface area contributed by atoms with Crippen LogP contribution >= 0.6 is 0 Å². The minimum atomic E-state index is -4.89. The number of esters is 1. The molecule has 3 heterocycles. The predicted molar refractivity (Wildman–Crippen MR) is 140 cm³/mol. The van der Waals surface area contributed by atoms with Gasteiger partial charge >= 0.3 is 12.3 Å². The molecule has 14 heteroatoms. The predicted octanol–water partition coefficient (Wildman–Crippen LogP) is 2.91. The fourth-order valence-electron chi connectivity index (χ4n) is 5.10. The fraction of sp³-hybridized carbons (Fsp3) is 0.462. The molecule has 0 radical (unpaired) electrons. The van der Waals surface area contributed by atoms with Gasteiger partial charge in [0, 0.05) is 57.2 Å². The number of rotatable bonds is 8. The molecule has 1 saturated heterocycles. The van der Waals surface area contributed by atoms with Crippen molar-refractivity contribution >= 4 is 23.3 Å². The molecule has 1 fully saturated rings. The van der Waals surface area contributed by atoms with Gasteiger partial charge in [0.1, 0.15) is 0 Å². The topological polar surface area (TPSA) is 118 Å². The number of benzene rings is 1. The molecule has 1 aliphatic heterocycles. The molecule has 3 aromatic rings. The molecule has 2 N–H and O–H groups in total. The largest absolute Gasteiger partial charge is 0.573 e. The van der Waals surface area contributed by atoms with Gasteiger partial charge in [-0.3, -0.25) is 9.58 Å². The summed E-state index contributed by atoms with van der Waals surface area (Å²) in [5.41, 5.74) is 3.72. The highest BCUT2D eigenvalue weighted by molar-refractivity contribution is 5.91. The molecular formula is C26H30F3N7O4. The molecule has 0 spiro atoms. The molecule has 11 nitrogen and oxygen atoms in total. The standard InChI is InChI=1S/C26H30F3N7O4/c1-3-39-24(38)22-18-6-4-16-15-30-25(32-21(16)23(18)34(2)33-22)31-19-14-17(5-7-20(19)40-26(27,28)29)36-10-8-35(9-11-36)12-13-37/h5,7,14-15,37H,3-4,6,8-13H2,1-2H3,(H,30,31,32). The smallest absolute Gasteiger partial charge is 0.461 e. The van der Waals surface area contributed by atoms with Crippen molar-refractivity contribution in [1.82, 2.24) is 24.6 Å². The molecule has 0 saturated carbocycles. The number of aromatic nitrogens is 4. The van der Waals surface area contributed by atoms with Gasteiger partial charge in [-0.15, -0.1) is 13.2 Å². The minimum absolute atomic E-state index is 0.0563. The van der Waals surface area contributed by atoms with Crippen LogP contribution in [-0.2, 0) is 24.6 Å². The summed E-state index contributed by atoms with van der Waals surface area (Å²) >= 11 is 0. The summed E-state index contributed by atoms with van der Waals surface area (Å²) in [6.45, 7) is 5.34. The van der Waals surface area contributed by atoms with E-state index in [0.29, 0.717) is 55.1 Å². The van der Waals surface area contributed by atoms with Crippen molar-refractivity contribution in [3.05, 3.63) is 41.2 Å². The Kier molecular flexibility index (Phi) is 7.81. The molecule has 2 aliphatic rings. The van der Waals surface area contributed by atoms with Crippen LogP contribution in [0.25, 0.3) is 11.4 Å². The van der Waals surface area contributed by atoms with Gasteiger partial charge in [-0.2, -0.15) is 5.10 Å². The van der Waals surface area contributed by atoms with Crippen LogP contribution in [0.2, 0.25) is 0 Å². The number of hydrogen-bond acceptors (Lipinski definition) is 10. The number of aliphatic hydroxyl groups is 1. The van der Waals surface area contributed by atoms with Gasteiger partial charge in [-0.05, 0) is 43.5 Å². The summed E-state index contributed by atoms with van der Waals surface area (Å²) in [6, 6.07) is 4.44. The van der Waals surface area contributed by atoms with Crippen LogP contribution in [0.4, 0.5) is 30.5 Å². The van der Waals surface area contributed by atoms with E-state index in [1.807, 2.05) is 0 Å². The van der Waals surface area contributed by atoms with E-state index < -0.39 is 18.1 Å². The number of nitrogens with zero attached hydrogens (tertiary/aromatic N) is 6. The highest BCUT2D eigenvalue weighted by Gasteiger charge is 2.33. The quantitative estimate of drug-likeness (QED) is 0.398. The van der Waals surface area contributed by atoms with Crippen molar-refractivity contribution < 1.29 is 32.5 Å². The van der Waals surface area contributed by atoms with Crippen molar-refractivity contribution in [2.45, 2.75) is 26.1 Å². The molecule has 0 atom stereocenters. The first kappa shape index (κ1) is 27.6. The molecule has 5 rings (SSSR count). The maximum Gasteiger partial charge on any atom is 0.573 e. The van der Waals surface area contributed by atoms with Crippen LogP contribution < -0.4 is 15.0 Å². The highest BCUT2D eigenvalue weighted by atomic mass is 19.4. The van der Waals surface area contributed by atoms with Gasteiger partial charge in [-0.25, -0.2) is 14.8 Å². The monoisotopic (exact) mass is 561 g/mol. The van der Waals surface area contributed by atoms with E-state index in [9.17, 15) is 23.1 Å². The Labute approximate surface area is 228 Å². The van der Waals surface area contributed by atoms with Gasteiger partial charge in [-0.1, -0.05) is 0 Å².